The monoisotopic (exact) mass is 314 g/mol. The van der Waals surface area contributed by atoms with Crippen LogP contribution in [0.2, 0.25) is 0 Å². The zero-order valence-corrected chi connectivity index (χ0v) is 12.7. The molecule has 21 heavy (non-hydrogen) atoms. The average molecular weight is 314 g/mol. The molecule has 116 valence electrons. The summed E-state index contributed by atoms with van der Waals surface area (Å²) in [4.78, 5) is 12.1. The van der Waals surface area contributed by atoms with Crippen molar-refractivity contribution in [3.63, 3.8) is 0 Å². The van der Waals surface area contributed by atoms with Gasteiger partial charge in [0.1, 0.15) is 0 Å². The number of anilines is 1. The third-order valence-corrected chi connectivity index (χ3v) is 5.00. The van der Waals surface area contributed by atoms with Gasteiger partial charge in [-0.25, -0.2) is 13.1 Å². The van der Waals surface area contributed by atoms with Crippen molar-refractivity contribution >= 4 is 21.4 Å². The molecule has 8 nitrogen and oxygen atoms in total. The lowest BCUT2D eigenvalue weighted by Gasteiger charge is -2.14. The van der Waals surface area contributed by atoms with Gasteiger partial charge < -0.3 is 10.2 Å². The quantitative estimate of drug-likeness (QED) is 0.610. The van der Waals surface area contributed by atoms with Crippen LogP contribution in [0.25, 0.3) is 0 Å². The van der Waals surface area contributed by atoms with E-state index < -0.39 is 20.6 Å². The number of nitro benzene ring substituents is 1. The van der Waals surface area contributed by atoms with Gasteiger partial charge in [0.25, 0.3) is 5.69 Å². The molecule has 1 heterocycles. The fourth-order valence-corrected chi connectivity index (χ4v) is 3.81. The SMILES string of the molecule is CNc1ccc([N+](=O)[O-])c(S(=O)(=O)NC2CCN(C)C2)c1. The van der Waals surface area contributed by atoms with Crippen molar-refractivity contribution in [1.82, 2.24) is 9.62 Å². The molecule has 0 radical (unpaired) electrons. The first-order valence-corrected chi connectivity index (χ1v) is 7.99. The smallest absolute Gasteiger partial charge is 0.289 e. The van der Waals surface area contributed by atoms with Crippen molar-refractivity contribution in [3.8, 4) is 0 Å². The number of likely N-dealkylation sites (N-methyl/N-ethyl adjacent to an activating group) is 1. The van der Waals surface area contributed by atoms with Gasteiger partial charge in [-0.15, -0.1) is 0 Å². The van der Waals surface area contributed by atoms with Gasteiger partial charge in [0.15, 0.2) is 4.90 Å². The van der Waals surface area contributed by atoms with Crippen LogP contribution in [0.15, 0.2) is 23.1 Å². The molecule has 1 aromatic carbocycles. The lowest BCUT2D eigenvalue weighted by atomic mass is 10.3. The number of nitro groups is 1. The van der Waals surface area contributed by atoms with E-state index in [0.717, 1.165) is 6.54 Å². The highest BCUT2D eigenvalue weighted by Gasteiger charge is 2.30. The van der Waals surface area contributed by atoms with Crippen molar-refractivity contribution in [2.75, 3.05) is 32.5 Å². The summed E-state index contributed by atoms with van der Waals surface area (Å²) in [5, 5.41) is 13.8. The maximum atomic E-state index is 12.4. The van der Waals surface area contributed by atoms with Crippen molar-refractivity contribution in [2.24, 2.45) is 0 Å². The molecule has 0 spiro atoms. The zero-order valence-electron chi connectivity index (χ0n) is 11.9. The van der Waals surface area contributed by atoms with Crippen LogP contribution >= 0.6 is 0 Å². The number of nitrogens with one attached hydrogen (secondary N) is 2. The van der Waals surface area contributed by atoms with E-state index >= 15 is 0 Å². The summed E-state index contributed by atoms with van der Waals surface area (Å²) in [5.41, 5.74) is 0.0809. The molecule has 1 aliphatic heterocycles. The molecule has 2 rings (SSSR count). The number of hydrogen-bond acceptors (Lipinski definition) is 6. The lowest BCUT2D eigenvalue weighted by Crippen LogP contribution is -2.36. The van der Waals surface area contributed by atoms with Crippen LogP contribution < -0.4 is 10.0 Å². The van der Waals surface area contributed by atoms with Gasteiger partial charge in [-0.3, -0.25) is 10.1 Å². The van der Waals surface area contributed by atoms with Crippen LogP contribution in [0, 0.1) is 10.1 Å². The number of rotatable bonds is 5. The van der Waals surface area contributed by atoms with E-state index in [4.69, 9.17) is 0 Å². The molecule has 1 aliphatic rings. The third kappa shape index (κ3) is 3.49. The summed E-state index contributed by atoms with van der Waals surface area (Å²) < 4.78 is 27.4. The molecule has 0 amide bonds. The Morgan fingerprint density at radius 1 is 1.43 bits per heavy atom. The molecule has 0 aliphatic carbocycles. The second-order valence-corrected chi connectivity index (χ2v) is 6.74. The largest absolute Gasteiger partial charge is 0.388 e. The highest BCUT2D eigenvalue weighted by Crippen LogP contribution is 2.27. The maximum absolute atomic E-state index is 12.4. The minimum atomic E-state index is -3.93. The van der Waals surface area contributed by atoms with Crippen molar-refractivity contribution in [1.29, 1.82) is 0 Å². The molecule has 1 saturated heterocycles. The predicted octanol–water partition coefficient (Wildman–Crippen LogP) is 0.619. The van der Waals surface area contributed by atoms with Crippen LogP contribution in [0.3, 0.4) is 0 Å². The van der Waals surface area contributed by atoms with E-state index in [1.165, 1.54) is 18.2 Å². The number of benzene rings is 1. The molecule has 1 aromatic rings. The topological polar surface area (TPSA) is 105 Å². The van der Waals surface area contributed by atoms with E-state index in [1.54, 1.807) is 7.05 Å². The standard InChI is InChI=1S/C12H18N4O4S/c1-13-9-3-4-11(16(17)18)12(7-9)21(19,20)14-10-5-6-15(2)8-10/h3-4,7,10,13-14H,5-6,8H2,1-2H3. The van der Waals surface area contributed by atoms with Crippen LogP contribution in [-0.2, 0) is 10.0 Å². The predicted molar refractivity (Wildman–Crippen MR) is 78.9 cm³/mol. The van der Waals surface area contributed by atoms with Gasteiger partial charge in [-0.1, -0.05) is 0 Å². The second kappa shape index (κ2) is 5.96. The summed E-state index contributed by atoms with van der Waals surface area (Å²) in [6.45, 7) is 1.39. The van der Waals surface area contributed by atoms with Crippen molar-refractivity contribution in [3.05, 3.63) is 28.3 Å². The molecular formula is C12H18N4O4S. The van der Waals surface area contributed by atoms with Crippen LogP contribution in [0.1, 0.15) is 6.42 Å². The fraction of sp³-hybridized carbons (Fsp3) is 0.500. The first kappa shape index (κ1) is 15.7. The Bertz CT molecular complexity index is 647. The van der Waals surface area contributed by atoms with Crippen LogP contribution in [0.4, 0.5) is 11.4 Å². The number of likely N-dealkylation sites (tertiary alicyclic amines) is 1. The normalized spacial score (nSPS) is 19.6. The molecule has 1 atom stereocenters. The molecule has 0 saturated carbocycles. The molecule has 0 aromatic heterocycles. The van der Waals surface area contributed by atoms with Gasteiger partial charge in [-0.05, 0) is 32.1 Å². The summed E-state index contributed by atoms with van der Waals surface area (Å²) in [6.07, 6.45) is 0.690. The maximum Gasteiger partial charge on any atom is 0.289 e. The van der Waals surface area contributed by atoms with Gasteiger partial charge in [0.2, 0.25) is 10.0 Å². The van der Waals surface area contributed by atoms with Gasteiger partial charge in [-0.2, -0.15) is 0 Å². The van der Waals surface area contributed by atoms with E-state index in [2.05, 4.69) is 10.0 Å². The summed E-state index contributed by atoms with van der Waals surface area (Å²) >= 11 is 0. The van der Waals surface area contributed by atoms with Crippen molar-refractivity contribution in [2.45, 2.75) is 17.4 Å². The second-order valence-electron chi connectivity index (χ2n) is 5.06. The Labute approximate surface area is 123 Å². The number of hydrogen-bond donors (Lipinski definition) is 2. The Morgan fingerprint density at radius 2 is 2.14 bits per heavy atom. The zero-order chi connectivity index (χ0) is 15.6. The Balaban J connectivity index is 2.36. The first-order valence-electron chi connectivity index (χ1n) is 6.50. The van der Waals surface area contributed by atoms with Crippen LogP contribution in [-0.4, -0.2) is 51.5 Å². The molecule has 2 N–H and O–H groups in total. The highest BCUT2D eigenvalue weighted by atomic mass is 32.2. The van der Waals surface area contributed by atoms with Gasteiger partial charge in [0, 0.05) is 31.4 Å². The van der Waals surface area contributed by atoms with Crippen LogP contribution in [0.5, 0.6) is 0 Å². The van der Waals surface area contributed by atoms with Gasteiger partial charge in [0.05, 0.1) is 4.92 Å². The summed E-state index contributed by atoms with van der Waals surface area (Å²) in [7, 11) is -0.411. The van der Waals surface area contributed by atoms with E-state index in [1.807, 2.05) is 11.9 Å². The van der Waals surface area contributed by atoms with Gasteiger partial charge >= 0.3 is 0 Å². The molecule has 1 fully saturated rings. The van der Waals surface area contributed by atoms with Crippen molar-refractivity contribution < 1.29 is 13.3 Å². The molecule has 0 bridgehead atoms. The molecular weight excluding hydrogens is 296 g/mol. The fourth-order valence-electron chi connectivity index (χ4n) is 2.35. The van der Waals surface area contributed by atoms with E-state index in [9.17, 15) is 18.5 Å². The number of nitrogens with zero attached hydrogens (tertiary/aromatic N) is 2. The minimum Gasteiger partial charge on any atom is -0.388 e. The highest BCUT2D eigenvalue weighted by molar-refractivity contribution is 7.89. The lowest BCUT2D eigenvalue weighted by molar-refractivity contribution is -0.387. The molecule has 1 unspecified atom stereocenters. The summed E-state index contributed by atoms with van der Waals surface area (Å²) in [6, 6.07) is 3.72. The molecule has 9 heteroatoms. The Hall–Kier alpha value is -1.71. The third-order valence-electron chi connectivity index (χ3n) is 3.45. The Morgan fingerprint density at radius 3 is 2.67 bits per heavy atom. The average Bonchev–Trinajstić information content (AvgIpc) is 2.82. The minimum absolute atomic E-state index is 0.224. The summed E-state index contributed by atoms with van der Waals surface area (Å²) in [5.74, 6) is 0. The Kier molecular flexibility index (Phi) is 4.45. The van der Waals surface area contributed by atoms with E-state index in [0.29, 0.717) is 18.7 Å². The number of sulfonamides is 1. The first-order chi connectivity index (χ1) is 9.83. The van der Waals surface area contributed by atoms with E-state index in [-0.39, 0.29) is 10.9 Å².